The van der Waals surface area contributed by atoms with Gasteiger partial charge in [0.05, 0.1) is 18.7 Å². The van der Waals surface area contributed by atoms with Gasteiger partial charge >= 0.3 is 5.97 Å². The lowest BCUT2D eigenvalue weighted by atomic mass is 9.81. The van der Waals surface area contributed by atoms with Gasteiger partial charge in [-0.2, -0.15) is 0 Å². The Morgan fingerprint density at radius 1 is 1.38 bits per heavy atom. The molecule has 0 saturated carbocycles. The number of aliphatic carboxylic acids is 1. The highest BCUT2D eigenvalue weighted by atomic mass is 16.5. The summed E-state index contributed by atoms with van der Waals surface area (Å²) in [6.45, 7) is 3.82. The third-order valence-corrected chi connectivity index (χ3v) is 6.03. The van der Waals surface area contributed by atoms with Gasteiger partial charge in [-0.3, -0.25) is 14.5 Å². The predicted molar refractivity (Wildman–Crippen MR) is 96.3 cm³/mol. The highest BCUT2D eigenvalue weighted by Gasteiger charge is 2.59. The molecule has 0 aromatic heterocycles. The van der Waals surface area contributed by atoms with E-state index in [1.54, 1.807) is 7.11 Å². The topological polar surface area (TPSA) is 82.1 Å². The largest absolute Gasteiger partial charge is 0.495 e. The molecule has 3 aliphatic heterocycles. The van der Waals surface area contributed by atoms with Gasteiger partial charge in [-0.15, -0.1) is 0 Å². The second-order valence-electron chi connectivity index (χ2n) is 7.60. The van der Waals surface area contributed by atoms with Gasteiger partial charge in [-0.25, -0.2) is 0 Å². The number of hydrogen-bond acceptors (Lipinski definition) is 5. The fourth-order valence-electron chi connectivity index (χ4n) is 4.60. The Kier molecular flexibility index (Phi) is 4.26. The van der Waals surface area contributed by atoms with Crippen LogP contribution in [-0.4, -0.2) is 61.7 Å². The molecule has 140 valence electrons. The van der Waals surface area contributed by atoms with E-state index in [0.717, 1.165) is 30.1 Å². The van der Waals surface area contributed by atoms with Gasteiger partial charge < -0.3 is 20.1 Å². The molecule has 1 amide bonds. The Balaban J connectivity index is 1.51. The Hall–Kier alpha value is -2.28. The summed E-state index contributed by atoms with van der Waals surface area (Å²) in [7, 11) is 1.68. The van der Waals surface area contributed by atoms with Gasteiger partial charge in [0.25, 0.3) is 0 Å². The van der Waals surface area contributed by atoms with Crippen LogP contribution in [0.4, 0.5) is 5.69 Å². The van der Waals surface area contributed by atoms with Crippen LogP contribution in [0.2, 0.25) is 0 Å². The first kappa shape index (κ1) is 17.1. The minimum Gasteiger partial charge on any atom is -0.495 e. The fraction of sp³-hybridized carbons (Fsp3) is 0.579. The van der Waals surface area contributed by atoms with Crippen molar-refractivity contribution in [3.05, 3.63) is 23.8 Å². The molecule has 2 N–H and O–H groups in total. The number of benzene rings is 1. The van der Waals surface area contributed by atoms with Gasteiger partial charge in [-0.05, 0) is 30.5 Å². The molecule has 4 rings (SSSR count). The zero-order chi connectivity index (χ0) is 18.3. The first-order chi connectivity index (χ1) is 12.5. The molecule has 0 spiro atoms. The summed E-state index contributed by atoms with van der Waals surface area (Å²) in [6, 6.07) is 6.21. The molecule has 0 radical (unpaired) electrons. The number of amides is 1. The van der Waals surface area contributed by atoms with Crippen LogP contribution < -0.4 is 15.0 Å². The minimum absolute atomic E-state index is 0.142. The summed E-state index contributed by atoms with van der Waals surface area (Å²) >= 11 is 0. The number of rotatable bonds is 5. The van der Waals surface area contributed by atoms with E-state index in [4.69, 9.17) is 4.74 Å². The van der Waals surface area contributed by atoms with E-state index in [2.05, 4.69) is 27.2 Å². The Morgan fingerprint density at radius 3 is 2.81 bits per heavy atom. The Labute approximate surface area is 152 Å². The van der Waals surface area contributed by atoms with Crippen LogP contribution in [0, 0.1) is 11.3 Å². The summed E-state index contributed by atoms with van der Waals surface area (Å²) in [4.78, 5) is 28.2. The molecule has 3 fully saturated rings. The van der Waals surface area contributed by atoms with Gasteiger partial charge in [0.15, 0.2) is 0 Å². The molecule has 0 bridgehead atoms. The van der Waals surface area contributed by atoms with Crippen LogP contribution >= 0.6 is 0 Å². The number of nitrogens with zero attached hydrogens (tertiary/aromatic N) is 2. The maximum atomic E-state index is 12.0. The van der Waals surface area contributed by atoms with E-state index in [0.29, 0.717) is 19.6 Å². The van der Waals surface area contributed by atoms with Crippen LogP contribution in [0.15, 0.2) is 18.2 Å². The van der Waals surface area contributed by atoms with E-state index in [1.807, 2.05) is 6.07 Å². The lowest BCUT2D eigenvalue weighted by Gasteiger charge is -2.23. The van der Waals surface area contributed by atoms with Crippen molar-refractivity contribution in [2.24, 2.45) is 11.3 Å². The predicted octanol–water partition coefficient (Wildman–Crippen LogP) is 0.928. The van der Waals surface area contributed by atoms with E-state index >= 15 is 0 Å². The third-order valence-electron chi connectivity index (χ3n) is 6.03. The number of hydrogen-bond donors (Lipinski definition) is 2. The van der Waals surface area contributed by atoms with Gasteiger partial charge in [0.1, 0.15) is 11.2 Å². The SMILES string of the molecule is COc1cc(CN2C[C@H]3C(=O)NC[C@@]3(C(=O)O)C2)ccc1N1CCCC1. The van der Waals surface area contributed by atoms with E-state index in [1.165, 1.54) is 12.8 Å². The number of carboxylic acids is 1. The zero-order valence-corrected chi connectivity index (χ0v) is 15.0. The zero-order valence-electron chi connectivity index (χ0n) is 15.0. The van der Waals surface area contributed by atoms with Crippen molar-refractivity contribution < 1.29 is 19.4 Å². The number of anilines is 1. The maximum Gasteiger partial charge on any atom is 0.313 e. The van der Waals surface area contributed by atoms with Crippen molar-refractivity contribution in [2.75, 3.05) is 44.7 Å². The average Bonchev–Trinajstić information content (AvgIpc) is 3.33. The van der Waals surface area contributed by atoms with Crippen molar-refractivity contribution in [1.29, 1.82) is 0 Å². The fourth-order valence-corrected chi connectivity index (χ4v) is 4.60. The van der Waals surface area contributed by atoms with Crippen molar-refractivity contribution in [3.63, 3.8) is 0 Å². The average molecular weight is 359 g/mol. The number of likely N-dealkylation sites (tertiary alicyclic amines) is 1. The number of carbonyl (C=O) groups excluding carboxylic acids is 1. The molecular formula is C19H25N3O4. The lowest BCUT2D eigenvalue weighted by molar-refractivity contribution is -0.149. The number of ether oxygens (including phenoxy) is 1. The smallest absolute Gasteiger partial charge is 0.313 e. The highest BCUT2D eigenvalue weighted by molar-refractivity contribution is 5.92. The standard InChI is InChI=1S/C19H25N3O4/c1-26-16-8-13(4-5-15(16)22-6-2-3-7-22)9-21-10-14-17(23)20-11-19(14,12-21)18(24)25/h4-5,8,14H,2-3,6-7,9-12H2,1H3,(H,20,23)(H,24,25)/t14-,19+/m0/s1. The van der Waals surface area contributed by atoms with Crippen LogP contribution in [-0.2, 0) is 16.1 Å². The van der Waals surface area contributed by atoms with Crippen molar-refractivity contribution in [3.8, 4) is 5.75 Å². The van der Waals surface area contributed by atoms with Crippen LogP contribution in [0.5, 0.6) is 5.75 Å². The number of carbonyl (C=O) groups is 2. The third kappa shape index (κ3) is 2.70. The van der Waals surface area contributed by atoms with E-state index < -0.39 is 17.3 Å². The Morgan fingerprint density at radius 2 is 2.15 bits per heavy atom. The summed E-state index contributed by atoms with van der Waals surface area (Å²) in [5, 5.41) is 12.4. The van der Waals surface area contributed by atoms with Crippen LogP contribution in [0.1, 0.15) is 18.4 Å². The van der Waals surface area contributed by atoms with Crippen molar-refractivity contribution in [1.82, 2.24) is 10.2 Å². The normalized spacial score (nSPS) is 28.3. The summed E-state index contributed by atoms with van der Waals surface area (Å²) in [5.41, 5.74) is 1.20. The van der Waals surface area contributed by atoms with Crippen molar-refractivity contribution >= 4 is 17.6 Å². The van der Waals surface area contributed by atoms with Crippen molar-refractivity contribution in [2.45, 2.75) is 19.4 Å². The second-order valence-corrected chi connectivity index (χ2v) is 7.60. The monoisotopic (exact) mass is 359 g/mol. The molecule has 1 aromatic carbocycles. The first-order valence-electron chi connectivity index (χ1n) is 9.19. The van der Waals surface area contributed by atoms with Gasteiger partial charge in [0.2, 0.25) is 5.91 Å². The molecule has 3 aliphatic rings. The molecule has 0 aliphatic carbocycles. The number of methoxy groups -OCH3 is 1. The second kappa shape index (κ2) is 6.46. The van der Waals surface area contributed by atoms with E-state index in [9.17, 15) is 14.7 Å². The summed E-state index contributed by atoms with van der Waals surface area (Å²) in [5.74, 6) is -0.637. The molecule has 7 heteroatoms. The number of fused-ring (bicyclic) bond motifs is 1. The minimum atomic E-state index is -0.989. The molecule has 7 nitrogen and oxygen atoms in total. The van der Waals surface area contributed by atoms with Gasteiger partial charge in [0, 0.05) is 39.3 Å². The molecule has 26 heavy (non-hydrogen) atoms. The quantitative estimate of drug-likeness (QED) is 0.814. The van der Waals surface area contributed by atoms with E-state index in [-0.39, 0.29) is 12.5 Å². The summed E-state index contributed by atoms with van der Waals surface area (Å²) in [6.07, 6.45) is 2.42. The molecule has 2 atom stereocenters. The number of carboxylic acid groups (broad SMARTS) is 1. The van der Waals surface area contributed by atoms with Crippen LogP contribution in [0.3, 0.4) is 0 Å². The molecule has 0 unspecified atom stereocenters. The number of nitrogens with one attached hydrogen (secondary N) is 1. The summed E-state index contributed by atoms with van der Waals surface area (Å²) < 4.78 is 5.59. The van der Waals surface area contributed by atoms with Crippen LogP contribution in [0.25, 0.3) is 0 Å². The molecule has 3 heterocycles. The molecular weight excluding hydrogens is 334 g/mol. The lowest BCUT2D eigenvalue weighted by Crippen LogP contribution is -2.40. The molecule has 3 saturated heterocycles. The van der Waals surface area contributed by atoms with Gasteiger partial charge in [-0.1, -0.05) is 6.07 Å². The maximum absolute atomic E-state index is 12.0. The Bertz CT molecular complexity index is 731. The first-order valence-corrected chi connectivity index (χ1v) is 9.19. The highest BCUT2D eigenvalue weighted by Crippen LogP contribution is 2.41. The molecule has 1 aromatic rings.